The van der Waals surface area contributed by atoms with Crippen LogP contribution >= 0.6 is 0 Å². The monoisotopic (exact) mass is 368 g/mol. The zero-order valence-corrected chi connectivity index (χ0v) is 13.9. The van der Waals surface area contributed by atoms with Crippen LogP contribution in [0.25, 0.3) is 0 Å². The molecule has 7 nitrogen and oxygen atoms in total. The van der Waals surface area contributed by atoms with Gasteiger partial charge in [0.2, 0.25) is 5.91 Å². The van der Waals surface area contributed by atoms with Crippen LogP contribution in [0.3, 0.4) is 0 Å². The molecular weight excluding hydrogens is 355 g/mol. The maximum atomic E-state index is 13.6. The van der Waals surface area contributed by atoms with Gasteiger partial charge in [0.15, 0.2) is 0 Å². The lowest BCUT2D eigenvalue weighted by Gasteiger charge is -2.31. The van der Waals surface area contributed by atoms with Gasteiger partial charge < -0.3 is 4.74 Å². The predicted octanol–water partition coefficient (Wildman–Crippen LogP) is 3.07. The minimum absolute atomic E-state index is 0.0778. The van der Waals surface area contributed by atoms with Crippen LogP contribution in [0.5, 0.6) is 0 Å². The van der Waals surface area contributed by atoms with Crippen molar-refractivity contribution in [2.24, 2.45) is 0 Å². The van der Waals surface area contributed by atoms with E-state index >= 15 is 0 Å². The van der Waals surface area contributed by atoms with Crippen molar-refractivity contribution < 1.29 is 23.6 Å². The standard InChI is InChI=1S/C19H13FN2O5/c20-12-4-2-5-13(8-12)21-16-10-27-19(24)18(16)15(9-17(21)23)11-3-1-6-14(7-11)22(25)26/h1-8,15H,9-10H2. The van der Waals surface area contributed by atoms with Crippen molar-refractivity contribution in [1.82, 2.24) is 0 Å². The quantitative estimate of drug-likeness (QED) is 0.472. The Balaban J connectivity index is 1.83. The molecule has 2 aliphatic heterocycles. The number of non-ortho nitro benzene ring substituents is 1. The Labute approximate surface area is 152 Å². The number of esters is 1. The summed E-state index contributed by atoms with van der Waals surface area (Å²) < 4.78 is 18.7. The molecule has 0 saturated carbocycles. The normalized spacial score (nSPS) is 19.1. The second-order valence-corrected chi connectivity index (χ2v) is 6.25. The number of hydrogen-bond acceptors (Lipinski definition) is 5. The molecule has 2 aromatic rings. The Kier molecular flexibility index (Phi) is 3.95. The minimum atomic E-state index is -0.646. The van der Waals surface area contributed by atoms with E-state index in [9.17, 15) is 24.1 Å². The smallest absolute Gasteiger partial charge is 0.336 e. The van der Waals surface area contributed by atoms with Crippen molar-refractivity contribution in [3.63, 3.8) is 0 Å². The molecule has 8 heteroatoms. The van der Waals surface area contributed by atoms with Crippen LogP contribution in [0.2, 0.25) is 0 Å². The van der Waals surface area contributed by atoms with E-state index in [0.717, 1.165) is 0 Å². The summed E-state index contributed by atoms with van der Waals surface area (Å²) in [4.78, 5) is 37.0. The van der Waals surface area contributed by atoms with Gasteiger partial charge in [-0.1, -0.05) is 18.2 Å². The van der Waals surface area contributed by atoms with Gasteiger partial charge in [0.05, 0.1) is 21.9 Å². The molecule has 1 atom stereocenters. The van der Waals surface area contributed by atoms with E-state index in [-0.39, 0.29) is 30.2 Å². The zero-order chi connectivity index (χ0) is 19.1. The molecule has 4 rings (SSSR count). The third kappa shape index (κ3) is 2.84. The Morgan fingerprint density at radius 2 is 1.93 bits per heavy atom. The minimum Gasteiger partial charge on any atom is -0.456 e. The SMILES string of the molecule is O=C1OCC2=C1C(c1cccc([N+](=O)[O-])c1)CC(=O)N2c1cccc(F)c1. The van der Waals surface area contributed by atoms with Crippen molar-refractivity contribution in [1.29, 1.82) is 0 Å². The Hall–Kier alpha value is -3.55. The van der Waals surface area contributed by atoms with Crippen LogP contribution < -0.4 is 4.90 Å². The summed E-state index contributed by atoms with van der Waals surface area (Å²) in [5.41, 5.74) is 1.30. The summed E-state index contributed by atoms with van der Waals surface area (Å²) in [7, 11) is 0. The second kappa shape index (κ2) is 6.31. The topological polar surface area (TPSA) is 89.7 Å². The van der Waals surface area contributed by atoms with E-state index < -0.39 is 22.6 Å². The molecule has 2 aliphatic rings. The maximum Gasteiger partial charge on any atom is 0.336 e. The van der Waals surface area contributed by atoms with Gasteiger partial charge in [0, 0.05) is 24.5 Å². The number of ether oxygens (including phenoxy) is 1. The predicted molar refractivity (Wildman–Crippen MR) is 92.3 cm³/mol. The first-order valence-electron chi connectivity index (χ1n) is 8.19. The Morgan fingerprint density at radius 1 is 1.15 bits per heavy atom. The molecule has 2 aromatic carbocycles. The molecule has 0 aromatic heterocycles. The average molecular weight is 368 g/mol. The second-order valence-electron chi connectivity index (χ2n) is 6.25. The van der Waals surface area contributed by atoms with Crippen molar-refractivity contribution in [3.8, 4) is 0 Å². The van der Waals surface area contributed by atoms with Crippen LogP contribution in [0.4, 0.5) is 15.8 Å². The van der Waals surface area contributed by atoms with Gasteiger partial charge in [-0.15, -0.1) is 0 Å². The molecule has 136 valence electrons. The van der Waals surface area contributed by atoms with Crippen molar-refractivity contribution in [2.45, 2.75) is 12.3 Å². The number of cyclic esters (lactones) is 1. The fraction of sp³-hybridized carbons (Fsp3) is 0.158. The molecular formula is C19H13FN2O5. The number of nitro benzene ring substituents is 1. The van der Waals surface area contributed by atoms with Gasteiger partial charge in [-0.2, -0.15) is 0 Å². The number of nitrogens with zero attached hydrogens (tertiary/aromatic N) is 2. The number of carbonyl (C=O) groups excluding carboxylic acids is 2. The number of amides is 1. The van der Waals surface area contributed by atoms with Crippen molar-refractivity contribution in [2.75, 3.05) is 11.5 Å². The van der Waals surface area contributed by atoms with Crippen LogP contribution in [-0.4, -0.2) is 23.4 Å². The molecule has 1 unspecified atom stereocenters. The Morgan fingerprint density at radius 3 is 2.67 bits per heavy atom. The zero-order valence-electron chi connectivity index (χ0n) is 13.9. The van der Waals surface area contributed by atoms with Crippen molar-refractivity contribution in [3.05, 3.63) is 81.3 Å². The molecule has 27 heavy (non-hydrogen) atoms. The van der Waals surface area contributed by atoms with Gasteiger partial charge in [0.1, 0.15) is 12.4 Å². The van der Waals surface area contributed by atoms with Crippen LogP contribution in [0.15, 0.2) is 59.8 Å². The third-order valence-corrected chi connectivity index (χ3v) is 4.67. The van der Waals surface area contributed by atoms with E-state index in [2.05, 4.69) is 0 Å². The van der Waals surface area contributed by atoms with Crippen LogP contribution in [-0.2, 0) is 14.3 Å². The molecule has 0 aliphatic carbocycles. The first-order valence-corrected chi connectivity index (χ1v) is 8.19. The first kappa shape index (κ1) is 16.9. The molecule has 1 amide bonds. The molecule has 0 bridgehead atoms. The highest BCUT2D eigenvalue weighted by atomic mass is 19.1. The van der Waals surface area contributed by atoms with Gasteiger partial charge >= 0.3 is 5.97 Å². The maximum absolute atomic E-state index is 13.6. The molecule has 0 fully saturated rings. The van der Waals surface area contributed by atoms with E-state index in [4.69, 9.17) is 4.74 Å². The molecule has 0 saturated heterocycles. The largest absolute Gasteiger partial charge is 0.456 e. The van der Waals surface area contributed by atoms with E-state index in [1.807, 2.05) is 0 Å². The number of anilines is 1. The van der Waals surface area contributed by atoms with Gasteiger partial charge in [0.25, 0.3) is 5.69 Å². The highest BCUT2D eigenvalue weighted by Crippen LogP contribution is 2.42. The number of carbonyl (C=O) groups is 2. The third-order valence-electron chi connectivity index (χ3n) is 4.67. The number of benzene rings is 2. The number of halogens is 1. The molecule has 0 spiro atoms. The van der Waals surface area contributed by atoms with E-state index in [1.165, 1.54) is 41.3 Å². The lowest BCUT2D eigenvalue weighted by Crippen LogP contribution is -2.37. The molecule has 2 heterocycles. The van der Waals surface area contributed by atoms with E-state index in [0.29, 0.717) is 16.9 Å². The highest BCUT2D eigenvalue weighted by Gasteiger charge is 2.43. The molecule has 0 radical (unpaired) electrons. The lowest BCUT2D eigenvalue weighted by atomic mass is 9.84. The van der Waals surface area contributed by atoms with Gasteiger partial charge in [-0.3, -0.25) is 19.8 Å². The summed E-state index contributed by atoms with van der Waals surface area (Å²) >= 11 is 0. The summed E-state index contributed by atoms with van der Waals surface area (Å²) in [6, 6.07) is 11.4. The summed E-state index contributed by atoms with van der Waals surface area (Å²) in [6.07, 6.45) is -0.0778. The lowest BCUT2D eigenvalue weighted by molar-refractivity contribution is -0.384. The fourth-order valence-electron chi connectivity index (χ4n) is 3.51. The van der Waals surface area contributed by atoms with Gasteiger partial charge in [-0.25, -0.2) is 9.18 Å². The summed E-state index contributed by atoms with van der Waals surface area (Å²) in [5.74, 6) is -2.06. The fourth-order valence-corrected chi connectivity index (χ4v) is 3.51. The van der Waals surface area contributed by atoms with E-state index in [1.54, 1.807) is 12.1 Å². The Bertz CT molecular complexity index is 1020. The molecule has 0 N–H and O–H groups in total. The van der Waals surface area contributed by atoms with Crippen molar-refractivity contribution >= 4 is 23.3 Å². The van der Waals surface area contributed by atoms with Crippen LogP contribution in [0, 0.1) is 15.9 Å². The summed E-state index contributed by atoms with van der Waals surface area (Å²) in [6.45, 7) is -0.109. The number of hydrogen-bond donors (Lipinski definition) is 0. The average Bonchev–Trinajstić information content (AvgIpc) is 3.02. The van der Waals surface area contributed by atoms with Gasteiger partial charge in [-0.05, 0) is 23.8 Å². The number of nitro groups is 1. The highest BCUT2D eigenvalue weighted by molar-refractivity contribution is 6.06. The number of rotatable bonds is 3. The first-order chi connectivity index (χ1) is 13.0. The summed E-state index contributed by atoms with van der Waals surface area (Å²) in [5, 5.41) is 11.1. The van der Waals surface area contributed by atoms with Crippen LogP contribution in [0.1, 0.15) is 17.9 Å².